The van der Waals surface area contributed by atoms with E-state index in [1.807, 2.05) is 0 Å². The zero-order chi connectivity index (χ0) is 21.8. The van der Waals surface area contributed by atoms with Crippen LogP contribution in [0.1, 0.15) is 11.5 Å². The van der Waals surface area contributed by atoms with E-state index in [1.165, 1.54) is 50.4 Å². The zero-order valence-electron chi connectivity index (χ0n) is 16.8. The number of rotatable bonds is 4. The summed E-state index contributed by atoms with van der Waals surface area (Å²) >= 11 is 0. The first-order chi connectivity index (χ1) is 14.3. The lowest BCUT2D eigenvalue weighted by Crippen LogP contribution is -2.43. The molecule has 0 aliphatic carbocycles. The van der Waals surface area contributed by atoms with Crippen molar-refractivity contribution in [2.45, 2.75) is 5.92 Å². The van der Waals surface area contributed by atoms with Gasteiger partial charge in [-0.25, -0.2) is 4.39 Å². The third kappa shape index (κ3) is 4.24. The molecule has 2 heterocycles. The molecule has 0 bridgehead atoms. The maximum Gasteiger partial charge on any atom is 0.259 e. The number of guanidine groups is 1. The highest BCUT2D eigenvalue weighted by atomic mass is 19.1. The van der Waals surface area contributed by atoms with Crippen LogP contribution in [0.25, 0.3) is 0 Å². The zero-order valence-corrected chi connectivity index (χ0v) is 16.8. The van der Waals surface area contributed by atoms with E-state index in [0.717, 1.165) is 0 Å². The molecule has 1 aromatic heterocycles. The van der Waals surface area contributed by atoms with Crippen LogP contribution in [-0.4, -0.2) is 67.6 Å². The molecule has 11 heteroatoms. The van der Waals surface area contributed by atoms with Crippen molar-refractivity contribution in [3.63, 3.8) is 0 Å². The molecule has 160 valence electrons. The molecule has 1 atom stereocenters. The van der Waals surface area contributed by atoms with E-state index in [9.17, 15) is 13.6 Å². The molecule has 30 heavy (non-hydrogen) atoms. The quantitative estimate of drug-likeness (QED) is 0.770. The molecular weight excluding hydrogens is 398 g/mol. The second-order valence-electron chi connectivity index (χ2n) is 6.58. The molecule has 1 amide bonds. The molecule has 1 aliphatic heterocycles. The van der Waals surface area contributed by atoms with Crippen LogP contribution in [0.4, 0.5) is 14.7 Å². The third-order valence-electron chi connectivity index (χ3n) is 4.76. The second-order valence-corrected chi connectivity index (χ2v) is 6.58. The lowest BCUT2D eigenvalue weighted by Gasteiger charge is -2.27. The summed E-state index contributed by atoms with van der Waals surface area (Å²) in [7, 11) is 4.04. The molecule has 1 fully saturated rings. The van der Waals surface area contributed by atoms with E-state index >= 15 is 0 Å². The number of nitrogens with zero attached hydrogens (tertiary/aromatic N) is 4. The average molecular weight is 420 g/mol. The van der Waals surface area contributed by atoms with Gasteiger partial charge in [0, 0.05) is 26.7 Å². The molecular formula is C19H22F2N6O3. The van der Waals surface area contributed by atoms with Gasteiger partial charge in [0.05, 0.1) is 20.1 Å². The highest BCUT2D eigenvalue weighted by molar-refractivity contribution is 5.98. The fraction of sp³-hybridized carbons (Fsp3) is 0.368. The van der Waals surface area contributed by atoms with Crippen LogP contribution in [0.5, 0.6) is 11.8 Å². The van der Waals surface area contributed by atoms with Crippen molar-refractivity contribution in [3.05, 3.63) is 41.5 Å². The van der Waals surface area contributed by atoms with Crippen molar-refractivity contribution in [1.82, 2.24) is 20.2 Å². The second kappa shape index (κ2) is 8.89. The average Bonchev–Trinajstić information content (AvgIpc) is 2.80. The molecule has 0 radical (unpaired) electrons. The lowest BCUT2D eigenvalue weighted by molar-refractivity contribution is -0.127. The summed E-state index contributed by atoms with van der Waals surface area (Å²) in [6.45, 7) is 0.721. The summed E-state index contributed by atoms with van der Waals surface area (Å²) in [5, 5.41) is 10.9. The first kappa shape index (κ1) is 21.2. The smallest absolute Gasteiger partial charge is 0.259 e. The van der Waals surface area contributed by atoms with Crippen LogP contribution in [-0.2, 0) is 4.79 Å². The molecule has 2 N–H and O–H groups in total. The van der Waals surface area contributed by atoms with Gasteiger partial charge in [0.25, 0.3) is 11.8 Å². The Morgan fingerprint density at radius 1 is 1.13 bits per heavy atom. The van der Waals surface area contributed by atoms with E-state index in [1.54, 1.807) is 4.90 Å². The van der Waals surface area contributed by atoms with E-state index in [-0.39, 0.29) is 36.1 Å². The Morgan fingerprint density at radius 3 is 2.30 bits per heavy atom. The minimum absolute atomic E-state index is 0.0656. The van der Waals surface area contributed by atoms with Crippen molar-refractivity contribution < 1.29 is 23.0 Å². The van der Waals surface area contributed by atoms with Gasteiger partial charge in [-0.3, -0.25) is 15.1 Å². The summed E-state index contributed by atoms with van der Waals surface area (Å²) in [6, 6.07) is 5.57. The van der Waals surface area contributed by atoms with Gasteiger partial charge >= 0.3 is 0 Å². The summed E-state index contributed by atoms with van der Waals surface area (Å²) in [5.41, 5.74) is 0.564. The minimum atomic E-state index is -0.834. The van der Waals surface area contributed by atoms with Gasteiger partial charge in [-0.2, -0.15) is 14.4 Å². The van der Waals surface area contributed by atoms with Crippen LogP contribution < -0.4 is 19.7 Å². The van der Waals surface area contributed by atoms with Crippen LogP contribution in [0.2, 0.25) is 0 Å². The maximum atomic E-state index is 14.2. The van der Waals surface area contributed by atoms with Crippen molar-refractivity contribution >= 4 is 17.8 Å². The number of likely N-dealkylation sites (N-methyl/N-ethyl adjacent to an activating group) is 1. The number of amides is 1. The van der Waals surface area contributed by atoms with Gasteiger partial charge in [0.1, 0.15) is 5.82 Å². The number of aromatic nitrogens is 2. The van der Waals surface area contributed by atoms with Gasteiger partial charge < -0.3 is 19.7 Å². The molecule has 0 spiro atoms. The maximum absolute atomic E-state index is 14.2. The first-order valence-electron chi connectivity index (χ1n) is 9.11. The Hall–Kier alpha value is -3.50. The van der Waals surface area contributed by atoms with Crippen LogP contribution in [0.15, 0.2) is 24.3 Å². The fourth-order valence-electron chi connectivity index (χ4n) is 3.09. The van der Waals surface area contributed by atoms with E-state index in [2.05, 4.69) is 15.3 Å². The van der Waals surface area contributed by atoms with E-state index in [0.29, 0.717) is 18.7 Å². The molecule has 1 aromatic carbocycles. The lowest BCUT2D eigenvalue weighted by atomic mass is 9.97. The largest absolute Gasteiger partial charge is 0.479 e. The highest BCUT2D eigenvalue weighted by Gasteiger charge is 2.31. The number of carbonyl (C=O) groups excluding carboxylic acids is 1. The van der Waals surface area contributed by atoms with Crippen molar-refractivity contribution in [3.8, 4) is 11.8 Å². The van der Waals surface area contributed by atoms with Crippen LogP contribution in [0.3, 0.4) is 0 Å². The SMILES string of the molecule is COc1nc(N2CCNC(=N)N(C)C(=O)[C@@H](c3ccc(F)cc3)C2)nc(OC)c1F. The number of hydrogen-bond donors (Lipinski definition) is 2. The van der Waals surface area contributed by atoms with Crippen molar-refractivity contribution in [2.24, 2.45) is 0 Å². The summed E-state index contributed by atoms with van der Waals surface area (Å²) in [5.74, 6) is -2.93. The van der Waals surface area contributed by atoms with Gasteiger partial charge in [-0.15, -0.1) is 0 Å². The summed E-state index contributed by atoms with van der Waals surface area (Å²) in [6.07, 6.45) is 0. The minimum Gasteiger partial charge on any atom is -0.479 e. The number of methoxy groups -OCH3 is 2. The molecule has 1 saturated heterocycles. The van der Waals surface area contributed by atoms with Gasteiger partial charge in [-0.05, 0) is 17.7 Å². The Kier molecular flexibility index (Phi) is 6.28. The van der Waals surface area contributed by atoms with Crippen LogP contribution in [0, 0.1) is 17.0 Å². The molecule has 0 unspecified atom stereocenters. The number of halogens is 2. The van der Waals surface area contributed by atoms with Crippen LogP contribution >= 0.6 is 0 Å². The Balaban J connectivity index is 2.05. The predicted molar refractivity (Wildman–Crippen MR) is 105 cm³/mol. The monoisotopic (exact) mass is 420 g/mol. The first-order valence-corrected chi connectivity index (χ1v) is 9.11. The van der Waals surface area contributed by atoms with Crippen molar-refractivity contribution in [2.75, 3.05) is 45.8 Å². The van der Waals surface area contributed by atoms with Gasteiger partial charge in [0.2, 0.25) is 17.7 Å². The Bertz CT molecular complexity index is 915. The standard InChI is InChI=1S/C19H22F2N6O3/c1-26-17(28)13(11-4-6-12(20)7-5-11)10-27(9-8-23-18(26)22)19-24-15(29-2)14(21)16(25-19)30-3/h4-7,13H,8-10H2,1-3H3,(H2,22,23)/t13-/m1/s1. The summed E-state index contributed by atoms with van der Waals surface area (Å²) < 4.78 is 37.6. The number of nitrogens with one attached hydrogen (secondary N) is 2. The normalized spacial score (nSPS) is 17.7. The van der Waals surface area contributed by atoms with E-state index in [4.69, 9.17) is 14.9 Å². The number of benzene rings is 1. The molecule has 9 nitrogen and oxygen atoms in total. The predicted octanol–water partition coefficient (Wildman–Crippen LogP) is 1.36. The highest BCUT2D eigenvalue weighted by Crippen LogP contribution is 2.28. The van der Waals surface area contributed by atoms with E-state index < -0.39 is 17.6 Å². The fourth-order valence-corrected chi connectivity index (χ4v) is 3.09. The van der Waals surface area contributed by atoms with Gasteiger partial charge in [0.15, 0.2) is 5.96 Å². The summed E-state index contributed by atoms with van der Waals surface area (Å²) in [4.78, 5) is 24.2. The van der Waals surface area contributed by atoms with Crippen molar-refractivity contribution in [1.29, 1.82) is 5.41 Å². The Morgan fingerprint density at radius 2 is 1.73 bits per heavy atom. The Labute approximate surface area is 172 Å². The van der Waals surface area contributed by atoms with Gasteiger partial charge in [-0.1, -0.05) is 12.1 Å². The number of hydrogen-bond acceptors (Lipinski definition) is 7. The third-order valence-corrected chi connectivity index (χ3v) is 4.76. The molecule has 0 saturated carbocycles. The topological polar surface area (TPSA) is 104 Å². The molecule has 3 rings (SSSR count). The molecule has 1 aliphatic rings. The molecule has 2 aromatic rings. The number of ether oxygens (including phenoxy) is 2. The number of carbonyl (C=O) groups is 1. The number of anilines is 1.